The molecular formula is C11H14N2O5. The molecule has 0 aliphatic heterocycles. The van der Waals surface area contributed by atoms with Crippen LogP contribution in [0.5, 0.6) is 0 Å². The van der Waals surface area contributed by atoms with Crippen molar-refractivity contribution in [1.29, 1.82) is 0 Å². The van der Waals surface area contributed by atoms with Crippen LogP contribution in [-0.2, 0) is 0 Å². The third-order valence-electron chi connectivity index (χ3n) is 2.67. The molecule has 0 saturated carbocycles. The summed E-state index contributed by atoms with van der Waals surface area (Å²) in [6.07, 6.45) is -7.33. The average molecular weight is 254 g/mol. The number of para-hydroxylation sites is 2. The number of hydrogen-bond acceptors (Lipinski definition) is 6. The van der Waals surface area contributed by atoms with Crippen LogP contribution in [-0.4, -0.2) is 54.0 Å². The number of nitrogens with one attached hydrogen (secondary N) is 1. The average Bonchev–Trinajstić information content (AvgIpc) is 2.79. The van der Waals surface area contributed by atoms with E-state index in [-0.39, 0.29) is 5.82 Å². The highest BCUT2D eigenvalue weighted by Crippen LogP contribution is 2.20. The minimum atomic E-state index is -2.14. The van der Waals surface area contributed by atoms with E-state index in [2.05, 4.69) is 9.97 Å². The molecule has 2 rings (SSSR count). The third-order valence-corrected chi connectivity index (χ3v) is 2.67. The maximum absolute atomic E-state index is 9.78. The first kappa shape index (κ1) is 12.9. The van der Waals surface area contributed by atoms with Gasteiger partial charge >= 0.3 is 0 Å². The molecule has 3 atom stereocenters. The number of aliphatic hydroxyl groups is 5. The molecule has 0 bridgehead atoms. The molecule has 0 aliphatic carbocycles. The van der Waals surface area contributed by atoms with Crippen molar-refractivity contribution in [3.05, 3.63) is 30.1 Å². The molecule has 1 aromatic carbocycles. The number of benzene rings is 1. The fourth-order valence-electron chi connectivity index (χ4n) is 1.64. The maximum atomic E-state index is 9.78. The van der Waals surface area contributed by atoms with Crippen LogP contribution < -0.4 is 0 Å². The molecule has 1 heterocycles. The summed E-state index contributed by atoms with van der Waals surface area (Å²) >= 11 is 0. The summed E-state index contributed by atoms with van der Waals surface area (Å²) in [7, 11) is 0. The van der Waals surface area contributed by atoms with E-state index < -0.39 is 24.6 Å². The van der Waals surface area contributed by atoms with Gasteiger partial charge in [0, 0.05) is 0 Å². The minimum absolute atomic E-state index is 0.0448. The van der Waals surface area contributed by atoms with Gasteiger partial charge in [0.1, 0.15) is 24.1 Å². The first-order valence-electron chi connectivity index (χ1n) is 5.35. The summed E-state index contributed by atoms with van der Waals surface area (Å²) in [5.74, 6) is 0.0448. The number of nitrogens with zero attached hydrogens (tertiary/aromatic N) is 1. The molecule has 1 aromatic heterocycles. The molecule has 98 valence electrons. The van der Waals surface area contributed by atoms with Crippen molar-refractivity contribution in [3.63, 3.8) is 0 Å². The zero-order valence-electron chi connectivity index (χ0n) is 9.30. The summed E-state index contributed by atoms with van der Waals surface area (Å²) in [4.78, 5) is 6.81. The van der Waals surface area contributed by atoms with Crippen LogP contribution >= 0.6 is 0 Å². The van der Waals surface area contributed by atoms with Crippen LogP contribution in [0.15, 0.2) is 24.3 Å². The zero-order valence-corrected chi connectivity index (χ0v) is 9.30. The molecule has 3 unspecified atom stereocenters. The van der Waals surface area contributed by atoms with Gasteiger partial charge in [-0.05, 0) is 12.1 Å². The van der Waals surface area contributed by atoms with Crippen molar-refractivity contribution < 1.29 is 25.5 Å². The molecule has 2 aromatic rings. The maximum Gasteiger partial charge on any atom is 0.180 e. The molecular weight excluding hydrogens is 240 g/mol. The van der Waals surface area contributed by atoms with Crippen molar-refractivity contribution in [2.24, 2.45) is 0 Å². The SMILES string of the molecule is OC(O)C(O)C(O)C(O)c1nc2ccccc2[nH]1. The van der Waals surface area contributed by atoms with Gasteiger partial charge in [0.2, 0.25) is 0 Å². The molecule has 18 heavy (non-hydrogen) atoms. The summed E-state index contributed by atoms with van der Waals surface area (Å²) in [6.45, 7) is 0. The lowest BCUT2D eigenvalue weighted by molar-refractivity contribution is -0.178. The molecule has 0 saturated heterocycles. The number of aromatic amines is 1. The zero-order chi connectivity index (χ0) is 13.3. The topological polar surface area (TPSA) is 130 Å². The lowest BCUT2D eigenvalue weighted by Gasteiger charge is -2.22. The Hall–Kier alpha value is -1.51. The van der Waals surface area contributed by atoms with Crippen molar-refractivity contribution in [1.82, 2.24) is 9.97 Å². The Morgan fingerprint density at radius 2 is 1.61 bits per heavy atom. The fraction of sp³-hybridized carbons (Fsp3) is 0.364. The lowest BCUT2D eigenvalue weighted by atomic mass is 10.1. The number of H-pyrrole nitrogens is 1. The summed E-state index contributed by atoms with van der Waals surface area (Å²) in [5, 5.41) is 46.0. The molecule has 7 nitrogen and oxygen atoms in total. The summed E-state index contributed by atoms with van der Waals surface area (Å²) < 4.78 is 0. The van der Waals surface area contributed by atoms with Crippen LogP contribution in [0.2, 0.25) is 0 Å². The van der Waals surface area contributed by atoms with E-state index in [9.17, 15) is 15.3 Å². The van der Waals surface area contributed by atoms with Crippen molar-refractivity contribution in [2.45, 2.75) is 24.6 Å². The Bertz CT molecular complexity index is 494. The highest BCUT2D eigenvalue weighted by Gasteiger charge is 2.31. The summed E-state index contributed by atoms with van der Waals surface area (Å²) in [5.41, 5.74) is 1.26. The van der Waals surface area contributed by atoms with Crippen molar-refractivity contribution in [2.75, 3.05) is 0 Å². The molecule has 0 spiro atoms. The number of aromatic nitrogens is 2. The number of aliphatic hydroxyl groups excluding tert-OH is 4. The van der Waals surface area contributed by atoms with E-state index in [1.807, 2.05) is 0 Å². The Kier molecular flexibility index (Phi) is 3.60. The number of imidazole rings is 1. The van der Waals surface area contributed by atoms with Crippen LogP contribution in [0.3, 0.4) is 0 Å². The first-order chi connectivity index (χ1) is 8.50. The van der Waals surface area contributed by atoms with Gasteiger partial charge in [0.25, 0.3) is 0 Å². The smallest absolute Gasteiger partial charge is 0.180 e. The van der Waals surface area contributed by atoms with Gasteiger partial charge in [-0.2, -0.15) is 0 Å². The third kappa shape index (κ3) is 2.35. The highest BCUT2D eigenvalue weighted by molar-refractivity contribution is 5.74. The van der Waals surface area contributed by atoms with E-state index in [1.165, 1.54) is 0 Å². The first-order valence-corrected chi connectivity index (χ1v) is 5.35. The normalized spacial score (nSPS) is 17.0. The summed E-state index contributed by atoms with van der Waals surface area (Å²) in [6, 6.07) is 7.00. The second-order valence-electron chi connectivity index (χ2n) is 3.98. The van der Waals surface area contributed by atoms with Gasteiger partial charge < -0.3 is 30.5 Å². The molecule has 0 radical (unpaired) electrons. The van der Waals surface area contributed by atoms with Crippen molar-refractivity contribution >= 4 is 11.0 Å². The van der Waals surface area contributed by atoms with Gasteiger partial charge in [-0.15, -0.1) is 0 Å². The number of rotatable bonds is 4. The quantitative estimate of drug-likeness (QED) is 0.373. The monoisotopic (exact) mass is 254 g/mol. The van der Waals surface area contributed by atoms with Crippen molar-refractivity contribution in [3.8, 4) is 0 Å². The van der Waals surface area contributed by atoms with Gasteiger partial charge in [-0.1, -0.05) is 12.1 Å². The Labute approximate surface area is 102 Å². The molecule has 0 fully saturated rings. The van der Waals surface area contributed by atoms with Gasteiger partial charge in [0.05, 0.1) is 11.0 Å². The Balaban J connectivity index is 2.25. The van der Waals surface area contributed by atoms with E-state index >= 15 is 0 Å². The van der Waals surface area contributed by atoms with Gasteiger partial charge in [-0.25, -0.2) is 4.98 Å². The van der Waals surface area contributed by atoms with E-state index in [0.717, 1.165) is 0 Å². The van der Waals surface area contributed by atoms with E-state index in [1.54, 1.807) is 24.3 Å². The second-order valence-corrected chi connectivity index (χ2v) is 3.98. The lowest BCUT2D eigenvalue weighted by Crippen LogP contribution is -2.41. The number of fused-ring (bicyclic) bond motifs is 1. The Morgan fingerprint density at radius 3 is 2.22 bits per heavy atom. The molecule has 7 heteroatoms. The highest BCUT2D eigenvalue weighted by atomic mass is 16.5. The Morgan fingerprint density at radius 1 is 0.944 bits per heavy atom. The van der Waals surface area contributed by atoms with E-state index in [0.29, 0.717) is 11.0 Å². The number of hydrogen-bond donors (Lipinski definition) is 6. The molecule has 0 aliphatic rings. The second kappa shape index (κ2) is 5.01. The van der Waals surface area contributed by atoms with Crippen LogP contribution in [0.4, 0.5) is 0 Å². The predicted octanol–water partition coefficient (Wildman–Crippen LogP) is -1.37. The largest absolute Gasteiger partial charge is 0.387 e. The fourth-order valence-corrected chi connectivity index (χ4v) is 1.64. The van der Waals surface area contributed by atoms with Gasteiger partial charge in [0.15, 0.2) is 6.29 Å². The van der Waals surface area contributed by atoms with Crippen LogP contribution in [0, 0.1) is 0 Å². The van der Waals surface area contributed by atoms with Gasteiger partial charge in [-0.3, -0.25) is 0 Å². The molecule has 6 N–H and O–H groups in total. The van der Waals surface area contributed by atoms with Crippen LogP contribution in [0.25, 0.3) is 11.0 Å². The molecule has 0 amide bonds. The predicted molar refractivity (Wildman–Crippen MR) is 61.3 cm³/mol. The standard InChI is InChI=1S/C11H14N2O5/c14-7(9(16)11(17)18)8(15)10-12-5-3-1-2-4-6(5)13-10/h1-4,7-9,11,14-18H,(H,12,13). The van der Waals surface area contributed by atoms with Crippen LogP contribution in [0.1, 0.15) is 11.9 Å². The minimum Gasteiger partial charge on any atom is -0.387 e. The van der Waals surface area contributed by atoms with E-state index in [4.69, 9.17) is 10.2 Å².